The molecule has 0 amide bonds. The minimum absolute atomic E-state index is 0.289. The lowest BCUT2D eigenvalue weighted by Crippen LogP contribution is -2.18. The number of ether oxygens (including phenoxy) is 1. The molecule has 0 spiro atoms. The molecule has 194 valence electrons. The van der Waals surface area contributed by atoms with Crippen LogP contribution in [-0.4, -0.2) is 53.0 Å². The molecule has 14 heteroatoms. The SMILES string of the molecule is CN(C)CCCNc1nc(NNc2ccc(N=[S-](=O)O)cc2)cc(-c2cccc(OC(F)(F)F)c2)n1. The Hall–Kier alpha value is -3.62. The summed E-state index contributed by atoms with van der Waals surface area (Å²) in [7, 11) is 1.62. The standard InChI is InChI=1S/C22H25F3N7O3S/c1-32(2)12-4-11-26-21-27-19(15-5-3-6-18(13-15)35-22(23,24)25)14-20(28-21)30-29-16-7-9-17(10-8-16)31-36(33)34/h3,5-10,13-14,29H,4,11-12H2,1-2H3,(H,31,33,34)(H2,26,27,28,30)/q-1. The number of halogens is 3. The highest BCUT2D eigenvalue weighted by atomic mass is 32.2. The second-order valence-corrected chi connectivity index (χ2v) is 8.38. The fourth-order valence-electron chi connectivity index (χ4n) is 3.02. The summed E-state index contributed by atoms with van der Waals surface area (Å²) in [4.78, 5) is 10.9. The molecule has 0 aliphatic heterocycles. The van der Waals surface area contributed by atoms with Crippen LogP contribution >= 0.6 is 0 Å². The summed E-state index contributed by atoms with van der Waals surface area (Å²) < 4.78 is 65.2. The summed E-state index contributed by atoms with van der Waals surface area (Å²) >= 11 is 0. The van der Waals surface area contributed by atoms with E-state index in [0.29, 0.717) is 35.0 Å². The molecule has 36 heavy (non-hydrogen) atoms. The van der Waals surface area contributed by atoms with Crippen LogP contribution in [0.3, 0.4) is 0 Å². The maximum atomic E-state index is 12.7. The number of nitrogens with one attached hydrogen (secondary N) is 3. The van der Waals surface area contributed by atoms with E-state index in [-0.39, 0.29) is 11.7 Å². The molecule has 0 saturated carbocycles. The Morgan fingerprint density at radius 1 is 1.08 bits per heavy atom. The van der Waals surface area contributed by atoms with E-state index >= 15 is 0 Å². The zero-order valence-electron chi connectivity index (χ0n) is 19.4. The van der Waals surface area contributed by atoms with Gasteiger partial charge in [-0.15, -0.1) is 13.2 Å². The van der Waals surface area contributed by atoms with Crippen LogP contribution in [0, 0.1) is 0 Å². The van der Waals surface area contributed by atoms with Gasteiger partial charge in [0.1, 0.15) is 5.75 Å². The number of nitrogens with zero attached hydrogens (tertiary/aromatic N) is 4. The van der Waals surface area contributed by atoms with Gasteiger partial charge in [-0.3, -0.25) is 10.9 Å². The predicted octanol–water partition coefficient (Wildman–Crippen LogP) is 5.10. The largest absolute Gasteiger partial charge is 0.573 e. The van der Waals surface area contributed by atoms with E-state index in [0.717, 1.165) is 13.0 Å². The van der Waals surface area contributed by atoms with E-state index in [1.54, 1.807) is 36.4 Å². The number of hydrogen-bond donors (Lipinski definition) is 4. The van der Waals surface area contributed by atoms with E-state index in [4.69, 9.17) is 4.55 Å². The van der Waals surface area contributed by atoms with Gasteiger partial charge in [-0.25, -0.2) is 4.98 Å². The van der Waals surface area contributed by atoms with Crippen LogP contribution in [0.2, 0.25) is 0 Å². The molecule has 0 atom stereocenters. The molecule has 0 saturated heterocycles. The first-order chi connectivity index (χ1) is 17.1. The third-order valence-electron chi connectivity index (χ3n) is 4.54. The average molecular weight is 525 g/mol. The summed E-state index contributed by atoms with van der Waals surface area (Å²) in [5.74, 6) is 0.279. The van der Waals surface area contributed by atoms with Crippen molar-refractivity contribution < 1.29 is 26.7 Å². The molecular weight excluding hydrogens is 499 g/mol. The molecule has 1 aromatic heterocycles. The second-order valence-electron chi connectivity index (χ2n) is 7.74. The van der Waals surface area contributed by atoms with E-state index in [9.17, 15) is 17.4 Å². The van der Waals surface area contributed by atoms with Crippen molar-refractivity contribution in [2.75, 3.05) is 43.4 Å². The number of rotatable bonds is 11. The molecule has 3 aromatic rings. The third kappa shape index (κ3) is 9.20. The van der Waals surface area contributed by atoms with Gasteiger partial charge in [0.25, 0.3) is 0 Å². The zero-order chi connectivity index (χ0) is 26.1. The van der Waals surface area contributed by atoms with Gasteiger partial charge in [0.15, 0.2) is 5.82 Å². The normalized spacial score (nSPS) is 12.4. The Bertz CT molecular complexity index is 1230. The molecule has 0 radical (unpaired) electrons. The molecule has 2 aromatic carbocycles. The molecule has 10 nitrogen and oxygen atoms in total. The molecule has 0 bridgehead atoms. The first-order valence-electron chi connectivity index (χ1n) is 10.7. The number of anilines is 3. The summed E-state index contributed by atoms with van der Waals surface area (Å²) in [6.45, 7) is 1.44. The topological polar surface area (TPSA) is 124 Å². The Morgan fingerprint density at radius 3 is 2.50 bits per heavy atom. The van der Waals surface area contributed by atoms with Gasteiger partial charge >= 0.3 is 6.36 Å². The Balaban J connectivity index is 1.82. The highest BCUT2D eigenvalue weighted by molar-refractivity contribution is 7.68. The lowest BCUT2D eigenvalue weighted by Gasteiger charge is -2.14. The Morgan fingerprint density at radius 2 is 1.83 bits per heavy atom. The number of alkyl halides is 3. The molecule has 0 aliphatic carbocycles. The fraction of sp³-hybridized carbons (Fsp3) is 0.273. The van der Waals surface area contributed by atoms with Gasteiger partial charge in [0, 0.05) is 23.9 Å². The van der Waals surface area contributed by atoms with Crippen molar-refractivity contribution >= 4 is 34.0 Å². The summed E-state index contributed by atoms with van der Waals surface area (Å²) in [5.41, 5.74) is 7.59. The van der Waals surface area contributed by atoms with E-state index < -0.39 is 17.2 Å². The number of hydrazine groups is 1. The number of aromatic nitrogens is 2. The van der Waals surface area contributed by atoms with Crippen LogP contribution in [0.5, 0.6) is 5.75 Å². The molecule has 1 heterocycles. The maximum absolute atomic E-state index is 12.7. The molecule has 3 rings (SSSR count). The van der Waals surface area contributed by atoms with Crippen LogP contribution in [0.4, 0.5) is 36.3 Å². The smallest absolute Gasteiger partial charge is 0.454 e. The summed E-state index contributed by atoms with van der Waals surface area (Å²) in [5, 5.41) is 3.13. The number of hydrogen-bond acceptors (Lipinski definition) is 10. The van der Waals surface area contributed by atoms with Crippen LogP contribution in [0.15, 0.2) is 59.0 Å². The van der Waals surface area contributed by atoms with Crippen molar-refractivity contribution in [3.8, 4) is 17.0 Å². The van der Waals surface area contributed by atoms with Gasteiger partial charge in [0.2, 0.25) is 5.95 Å². The van der Waals surface area contributed by atoms with Crippen molar-refractivity contribution in [2.45, 2.75) is 12.8 Å². The van der Waals surface area contributed by atoms with Gasteiger partial charge in [-0.1, -0.05) is 23.0 Å². The van der Waals surface area contributed by atoms with Crippen molar-refractivity contribution in [1.29, 1.82) is 0 Å². The van der Waals surface area contributed by atoms with Crippen molar-refractivity contribution in [1.82, 2.24) is 14.9 Å². The van der Waals surface area contributed by atoms with Crippen LogP contribution < -0.4 is 20.9 Å². The molecule has 0 aliphatic rings. The molecule has 0 unspecified atom stereocenters. The highest BCUT2D eigenvalue weighted by Crippen LogP contribution is 2.28. The van der Waals surface area contributed by atoms with Crippen LogP contribution in [0.1, 0.15) is 6.42 Å². The maximum Gasteiger partial charge on any atom is 0.573 e. The Kier molecular flexibility index (Phi) is 9.27. The van der Waals surface area contributed by atoms with Crippen LogP contribution in [0.25, 0.3) is 11.3 Å². The highest BCUT2D eigenvalue weighted by Gasteiger charge is 2.31. The van der Waals surface area contributed by atoms with E-state index in [1.807, 2.05) is 19.0 Å². The number of benzene rings is 2. The van der Waals surface area contributed by atoms with E-state index in [2.05, 4.69) is 35.2 Å². The minimum Gasteiger partial charge on any atom is -0.454 e. The predicted molar refractivity (Wildman–Crippen MR) is 132 cm³/mol. The lowest BCUT2D eigenvalue weighted by molar-refractivity contribution is -0.274. The lowest BCUT2D eigenvalue weighted by atomic mass is 10.1. The second kappa shape index (κ2) is 12.4. The molecule has 4 N–H and O–H groups in total. The van der Waals surface area contributed by atoms with Crippen molar-refractivity contribution in [3.63, 3.8) is 0 Å². The van der Waals surface area contributed by atoms with Gasteiger partial charge in [-0.2, -0.15) is 4.98 Å². The van der Waals surface area contributed by atoms with Crippen molar-refractivity contribution in [3.05, 3.63) is 54.6 Å². The van der Waals surface area contributed by atoms with E-state index in [1.165, 1.54) is 18.2 Å². The molecule has 0 fully saturated rings. The third-order valence-corrected chi connectivity index (χ3v) is 4.91. The first kappa shape index (κ1) is 27.0. The fourth-order valence-corrected chi connectivity index (χ4v) is 3.32. The zero-order valence-corrected chi connectivity index (χ0v) is 20.2. The average Bonchev–Trinajstić information content (AvgIpc) is 2.80. The first-order valence-corrected chi connectivity index (χ1v) is 11.7. The monoisotopic (exact) mass is 524 g/mol. The van der Waals surface area contributed by atoms with Gasteiger partial charge in [0.05, 0.1) is 11.4 Å². The van der Waals surface area contributed by atoms with Gasteiger partial charge in [-0.05, 0) is 63.5 Å². The quantitative estimate of drug-likeness (QED) is 0.117. The van der Waals surface area contributed by atoms with Gasteiger partial charge < -0.3 is 28.1 Å². The van der Waals surface area contributed by atoms with Crippen molar-refractivity contribution in [2.24, 2.45) is 4.36 Å². The summed E-state index contributed by atoms with van der Waals surface area (Å²) in [6, 6.07) is 13.5. The minimum atomic E-state index is -4.81. The Labute approximate surface area is 207 Å². The summed E-state index contributed by atoms with van der Waals surface area (Å²) in [6.07, 6.45) is -3.98. The van der Waals surface area contributed by atoms with Crippen LogP contribution in [-0.2, 0) is 15.1 Å². The molecular formula is C22H25F3N7O3S-.